The van der Waals surface area contributed by atoms with Crippen LogP contribution in [0.4, 0.5) is 11.8 Å². The quantitative estimate of drug-likeness (QED) is 0.339. The average molecular weight is 464 g/mol. The summed E-state index contributed by atoms with van der Waals surface area (Å²) in [5.41, 5.74) is 1.40. The number of aliphatic hydroxyl groups excluding tert-OH is 3. The predicted molar refractivity (Wildman–Crippen MR) is 124 cm³/mol. The van der Waals surface area contributed by atoms with Crippen molar-refractivity contribution in [1.82, 2.24) is 15.0 Å². The second kappa shape index (κ2) is 9.22. The lowest BCUT2D eigenvalue weighted by atomic mass is 10.1. The molecule has 0 bridgehead atoms. The van der Waals surface area contributed by atoms with Crippen LogP contribution in [0.1, 0.15) is 20.3 Å². The Hall–Kier alpha value is -2.04. The van der Waals surface area contributed by atoms with E-state index in [1.54, 1.807) is 0 Å². The number of nitrogens with zero attached hydrogens (tertiary/aromatic N) is 3. The molecule has 1 saturated carbocycles. The molecule has 31 heavy (non-hydrogen) atoms. The highest BCUT2D eigenvalue weighted by Gasteiger charge is 2.41. The van der Waals surface area contributed by atoms with Crippen LogP contribution < -0.4 is 10.6 Å². The molecule has 0 amide bonds. The largest absolute Gasteiger partial charge is 0.396 e. The zero-order valence-corrected chi connectivity index (χ0v) is 18.9. The minimum atomic E-state index is -1.04. The van der Waals surface area contributed by atoms with E-state index in [0.717, 1.165) is 10.2 Å². The van der Waals surface area contributed by atoms with Gasteiger partial charge < -0.3 is 26.0 Å². The first-order chi connectivity index (χ1) is 14.9. The number of halogens is 1. The van der Waals surface area contributed by atoms with Crippen LogP contribution in [0, 0.1) is 11.8 Å². The number of benzene rings is 1. The molecule has 0 radical (unpaired) electrons. The van der Waals surface area contributed by atoms with E-state index in [0.29, 0.717) is 41.2 Å². The molecule has 4 unspecified atom stereocenters. The lowest BCUT2D eigenvalue weighted by Gasteiger charge is -2.21. The van der Waals surface area contributed by atoms with Crippen LogP contribution in [-0.2, 0) is 0 Å². The average Bonchev–Trinajstić information content (AvgIpc) is 3.28. The molecule has 3 aromatic rings. The van der Waals surface area contributed by atoms with E-state index in [-0.39, 0.29) is 11.8 Å². The molecular weight excluding hydrogens is 438 g/mol. The maximum absolute atomic E-state index is 10.5. The summed E-state index contributed by atoms with van der Waals surface area (Å²) in [7, 11) is 0. The minimum Gasteiger partial charge on any atom is -0.396 e. The standard InChI is InChI=1S/C21H26ClN5O3S/c1-10(2)8-23-21-26-18(22)15(20-25-12-5-3-4-6-14(12)31-20)19(27-21)24-13-7-11(9-28)16(29)17(13)30/h3-6,10-11,13,16-17,28-30H,7-9H2,1-2H3,(H2,23,24,26,27). The molecule has 4 atom stereocenters. The smallest absolute Gasteiger partial charge is 0.226 e. The zero-order chi connectivity index (χ0) is 22.1. The van der Waals surface area contributed by atoms with Gasteiger partial charge in [0.25, 0.3) is 0 Å². The second-order valence-electron chi connectivity index (χ2n) is 8.23. The normalized spacial score (nSPS) is 23.6. The van der Waals surface area contributed by atoms with Crippen LogP contribution in [0.3, 0.4) is 0 Å². The first-order valence-corrected chi connectivity index (χ1v) is 11.5. The molecule has 1 fully saturated rings. The number of nitrogens with one attached hydrogen (secondary N) is 2. The van der Waals surface area contributed by atoms with E-state index < -0.39 is 24.2 Å². The monoisotopic (exact) mass is 463 g/mol. The topological polar surface area (TPSA) is 123 Å². The van der Waals surface area contributed by atoms with E-state index in [1.807, 2.05) is 24.3 Å². The van der Waals surface area contributed by atoms with Gasteiger partial charge in [0.15, 0.2) is 0 Å². The summed E-state index contributed by atoms with van der Waals surface area (Å²) in [5, 5.41) is 37.5. The Morgan fingerprint density at radius 3 is 2.61 bits per heavy atom. The summed E-state index contributed by atoms with van der Waals surface area (Å²) in [4.78, 5) is 13.7. The van der Waals surface area contributed by atoms with Crippen molar-refractivity contribution in [3.63, 3.8) is 0 Å². The first kappa shape index (κ1) is 22.2. The fourth-order valence-corrected chi connectivity index (χ4v) is 5.03. The number of fused-ring (bicyclic) bond motifs is 1. The summed E-state index contributed by atoms with van der Waals surface area (Å²) in [6.45, 7) is 4.63. The van der Waals surface area contributed by atoms with Gasteiger partial charge >= 0.3 is 0 Å². The van der Waals surface area contributed by atoms with Gasteiger partial charge in [0.2, 0.25) is 5.95 Å². The highest BCUT2D eigenvalue weighted by Crippen LogP contribution is 2.39. The maximum Gasteiger partial charge on any atom is 0.226 e. The minimum absolute atomic E-state index is 0.202. The van der Waals surface area contributed by atoms with E-state index in [9.17, 15) is 15.3 Å². The van der Waals surface area contributed by atoms with Gasteiger partial charge in [-0.05, 0) is 24.5 Å². The molecule has 4 rings (SSSR count). The highest BCUT2D eigenvalue weighted by molar-refractivity contribution is 7.21. The maximum atomic E-state index is 10.5. The number of hydrogen-bond acceptors (Lipinski definition) is 9. The van der Waals surface area contributed by atoms with Gasteiger partial charge in [-0.1, -0.05) is 37.6 Å². The summed E-state index contributed by atoms with van der Waals surface area (Å²) < 4.78 is 1.01. The fraction of sp³-hybridized carbons (Fsp3) is 0.476. The number of anilines is 2. The summed E-state index contributed by atoms with van der Waals surface area (Å²) in [6, 6.07) is 7.29. The van der Waals surface area contributed by atoms with Gasteiger partial charge in [-0.15, -0.1) is 11.3 Å². The van der Waals surface area contributed by atoms with E-state index in [4.69, 9.17) is 11.6 Å². The van der Waals surface area contributed by atoms with Gasteiger partial charge in [0, 0.05) is 19.1 Å². The van der Waals surface area contributed by atoms with E-state index in [1.165, 1.54) is 11.3 Å². The van der Waals surface area contributed by atoms with Crippen molar-refractivity contribution in [2.75, 3.05) is 23.8 Å². The molecule has 0 saturated heterocycles. The SMILES string of the molecule is CC(C)CNc1nc(Cl)c(-c2nc3ccccc3s2)c(NC2CC(CO)C(O)C2O)n1. The molecule has 0 aliphatic heterocycles. The summed E-state index contributed by atoms with van der Waals surface area (Å²) >= 11 is 8.08. The first-order valence-electron chi connectivity index (χ1n) is 10.3. The number of thiazole rings is 1. The predicted octanol–water partition coefficient (Wildman–Crippen LogP) is 2.99. The molecule has 5 N–H and O–H groups in total. The van der Waals surface area contributed by atoms with Crippen molar-refractivity contribution >= 4 is 44.9 Å². The van der Waals surface area contributed by atoms with Gasteiger partial charge in [-0.25, -0.2) is 9.97 Å². The van der Waals surface area contributed by atoms with Crippen LogP contribution in [-0.4, -0.2) is 61.7 Å². The van der Waals surface area contributed by atoms with Gasteiger partial charge in [0.05, 0.1) is 27.9 Å². The molecule has 2 heterocycles. The molecule has 2 aromatic heterocycles. The molecule has 10 heteroatoms. The Kier molecular flexibility index (Phi) is 6.59. The third kappa shape index (κ3) is 4.61. The van der Waals surface area contributed by atoms with Crippen LogP contribution in [0.5, 0.6) is 0 Å². The third-order valence-electron chi connectivity index (χ3n) is 5.40. The lowest BCUT2D eigenvalue weighted by Crippen LogP contribution is -2.35. The van der Waals surface area contributed by atoms with Crippen LogP contribution in [0.15, 0.2) is 24.3 Å². The van der Waals surface area contributed by atoms with E-state index in [2.05, 4.69) is 39.4 Å². The van der Waals surface area contributed by atoms with Crippen LogP contribution in [0.2, 0.25) is 5.15 Å². The van der Waals surface area contributed by atoms with Crippen molar-refractivity contribution in [3.05, 3.63) is 29.4 Å². The molecule has 8 nitrogen and oxygen atoms in total. The Morgan fingerprint density at radius 2 is 1.94 bits per heavy atom. The van der Waals surface area contributed by atoms with E-state index >= 15 is 0 Å². The Labute approximate surface area is 189 Å². The lowest BCUT2D eigenvalue weighted by molar-refractivity contribution is 0.00446. The summed E-state index contributed by atoms with van der Waals surface area (Å²) in [5.74, 6) is 0.784. The molecule has 1 aliphatic carbocycles. The molecule has 1 aromatic carbocycles. The third-order valence-corrected chi connectivity index (χ3v) is 6.73. The van der Waals surface area contributed by atoms with Gasteiger partial charge in [-0.3, -0.25) is 0 Å². The number of hydrogen-bond donors (Lipinski definition) is 5. The highest BCUT2D eigenvalue weighted by atomic mass is 35.5. The Balaban J connectivity index is 1.74. The fourth-order valence-electron chi connectivity index (χ4n) is 3.71. The molecule has 166 valence electrons. The summed E-state index contributed by atoms with van der Waals surface area (Å²) in [6.07, 6.45) is -1.65. The van der Waals surface area contributed by atoms with Gasteiger partial charge in [-0.2, -0.15) is 4.98 Å². The number of aliphatic hydroxyl groups is 3. The van der Waals surface area contributed by atoms with Crippen molar-refractivity contribution in [2.24, 2.45) is 11.8 Å². The number of rotatable bonds is 7. The second-order valence-corrected chi connectivity index (χ2v) is 9.62. The Morgan fingerprint density at radius 1 is 1.16 bits per heavy atom. The number of para-hydroxylation sites is 1. The van der Waals surface area contributed by atoms with Crippen molar-refractivity contribution in [3.8, 4) is 10.6 Å². The molecule has 1 aliphatic rings. The van der Waals surface area contributed by atoms with Crippen LogP contribution in [0.25, 0.3) is 20.8 Å². The molecular formula is C21H26ClN5O3S. The zero-order valence-electron chi connectivity index (χ0n) is 17.3. The Bertz CT molecular complexity index is 1030. The molecule has 0 spiro atoms. The van der Waals surface area contributed by atoms with Crippen molar-refractivity contribution in [2.45, 2.75) is 38.5 Å². The number of aromatic nitrogens is 3. The van der Waals surface area contributed by atoms with Crippen molar-refractivity contribution in [1.29, 1.82) is 0 Å². The van der Waals surface area contributed by atoms with Gasteiger partial charge in [0.1, 0.15) is 22.1 Å². The van der Waals surface area contributed by atoms with Crippen LogP contribution >= 0.6 is 22.9 Å². The van der Waals surface area contributed by atoms with Crippen molar-refractivity contribution < 1.29 is 15.3 Å².